The number of methoxy groups -OCH3 is 1. The second-order valence-electron chi connectivity index (χ2n) is 4.59. The van der Waals surface area contributed by atoms with Crippen molar-refractivity contribution < 1.29 is 13.2 Å². The summed E-state index contributed by atoms with van der Waals surface area (Å²) in [6, 6.07) is 7.64. The van der Waals surface area contributed by atoms with E-state index in [1.807, 2.05) is 38.2 Å². The minimum absolute atomic E-state index is 0.0321. The van der Waals surface area contributed by atoms with Crippen molar-refractivity contribution in [1.29, 1.82) is 0 Å². The lowest BCUT2D eigenvalue weighted by Crippen LogP contribution is -2.34. The van der Waals surface area contributed by atoms with E-state index in [9.17, 15) is 8.42 Å². The molecule has 5 nitrogen and oxygen atoms in total. The van der Waals surface area contributed by atoms with Crippen molar-refractivity contribution in [2.75, 3.05) is 33.9 Å². The van der Waals surface area contributed by atoms with E-state index in [1.54, 1.807) is 7.11 Å². The second kappa shape index (κ2) is 8.36. The minimum atomic E-state index is -3.29. The molecule has 1 N–H and O–H groups in total. The minimum Gasteiger partial charge on any atom is -0.383 e. The Bertz CT molecular complexity index is 486. The number of sulfonamides is 1. The van der Waals surface area contributed by atoms with Gasteiger partial charge in [-0.05, 0) is 18.2 Å². The number of nitrogens with zero attached hydrogens (tertiary/aromatic N) is 1. The Morgan fingerprint density at radius 2 is 1.80 bits per heavy atom. The van der Waals surface area contributed by atoms with Gasteiger partial charge in [-0.2, -0.15) is 4.31 Å². The van der Waals surface area contributed by atoms with Gasteiger partial charge in [-0.25, -0.2) is 8.42 Å². The zero-order chi connectivity index (χ0) is 15.0. The molecule has 1 aromatic rings. The number of hydrogen-bond acceptors (Lipinski definition) is 4. The molecule has 20 heavy (non-hydrogen) atoms. The monoisotopic (exact) mass is 300 g/mol. The van der Waals surface area contributed by atoms with Crippen molar-refractivity contribution in [3.63, 3.8) is 0 Å². The van der Waals surface area contributed by atoms with Crippen LogP contribution in [0.5, 0.6) is 0 Å². The van der Waals surface area contributed by atoms with E-state index < -0.39 is 10.0 Å². The summed E-state index contributed by atoms with van der Waals surface area (Å²) in [6.45, 7) is 3.88. The third kappa shape index (κ3) is 5.20. The van der Waals surface area contributed by atoms with E-state index in [4.69, 9.17) is 4.74 Å². The zero-order valence-corrected chi connectivity index (χ0v) is 13.2. The fourth-order valence-electron chi connectivity index (χ4n) is 1.95. The van der Waals surface area contributed by atoms with Crippen LogP contribution in [0, 0.1) is 0 Å². The number of hydrogen-bond donors (Lipinski definition) is 1. The van der Waals surface area contributed by atoms with Crippen LogP contribution in [0.25, 0.3) is 0 Å². The number of rotatable bonds is 9. The molecule has 0 atom stereocenters. The van der Waals surface area contributed by atoms with Crippen molar-refractivity contribution >= 4 is 10.0 Å². The predicted molar refractivity (Wildman–Crippen MR) is 81.0 cm³/mol. The van der Waals surface area contributed by atoms with Crippen LogP contribution >= 0.6 is 0 Å². The highest BCUT2D eigenvalue weighted by molar-refractivity contribution is 7.88. The van der Waals surface area contributed by atoms with Gasteiger partial charge in [0.1, 0.15) is 0 Å². The van der Waals surface area contributed by atoms with Crippen LogP contribution in [0.15, 0.2) is 24.3 Å². The normalized spacial score (nSPS) is 12.0. The molecule has 0 radical (unpaired) electrons. The summed E-state index contributed by atoms with van der Waals surface area (Å²) in [5, 5.41) is 3.06. The highest BCUT2D eigenvalue weighted by Gasteiger charge is 2.20. The van der Waals surface area contributed by atoms with Gasteiger partial charge in [-0.1, -0.05) is 31.2 Å². The van der Waals surface area contributed by atoms with Crippen LogP contribution in [0.3, 0.4) is 0 Å². The third-order valence-electron chi connectivity index (χ3n) is 3.04. The summed E-state index contributed by atoms with van der Waals surface area (Å²) in [5.41, 5.74) is 1.95. The fraction of sp³-hybridized carbons (Fsp3) is 0.571. The molecule has 0 spiro atoms. The first-order valence-corrected chi connectivity index (χ1v) is 8.33. The third-order valence-corrected chi connectivity index (χ3v) is 4.97. The van der Waals surface area contributed by atoms with E-state index in [-0.39, 0.29) is 5.75 Å². The maximum Gasteiger partial charge on any atom is 0.218 e. The molecular formula is C14H24N2O3S. The van der Waals surface area contributed by atoms with E-state index >= 15 is 0 Å². The standard InChI is InChI=1S/C14H24N2O3S/c1-4-16(9-10-19-3)20(17,18)12-14-7-5-13(6-8-14)11-15-2/h5-8,15H,4,9-12H2,1-3H3. The lowest BCUT2D eigenvalue weighted by atomic mass is 10.1. The van der Waals surface area contributed by atoms with Gasteiger partial charge in [-0.3, -0.25) is 0 Å². The Kier molecular flexibility index (Phi) is 7.15. The van der Waals surface area contributed by atoms with Crippen LogP contribution in [-0.4, -0.2) is 46.6 Å². The molecule has 0 unspecified atom stereocenters. The van der Waals surface area contributed by atoms with Gasteiger partial charge in [0, 0.05) is 26.7 Å². The van der Waals surface area contributed by atoms with Crippen LogP contribution in [0.4, 0.5) is 0 Å². The molecule has 0 amide bonds. The summed E-state index contributed by atoms with van der Waals surface area (Å²) in [4.78, 5) is 0. The topological polar surface area (TPSA) is 58.6 Å². The van der Waals surface area contributed by atoms with Crippen LogP contribution in [0.1, 0.15) is 18.1 Å². The van der Waals surface area contributed by atoms with Crippen LogP contribution in [0.2, 0.25) is 0 Å². The second-order valence-corrected chi connectivity index (χ2v) is 6.56. The Morgan fingerprint density at radius 3 is 2.30 bits per heavy atom. The number of nitrogens with one attached hydrogen (secondary N) is 1. The van der Waals surface area contributed by atoms with Gasteiger partial charge in [0.05, 0.1) is 12.4 Å². The zero-order valence-electron chi connectivity index (χ0n) is 12.4. The predicted octanol–water partition coefficient (Wildman–Crippen LogP) is 1.20. The summed E-state index contributed by atoms with van der Waals surface area (Å²) >= 11 is 0. The van der Waals surface area contributed by atoms with Crippen LogP contribution in [-0.2, 0) is 27.1 Å². The number of likely N-dealkylation sites (N-methyl/N-ethyl adjacent to an activating group) is 1. The molecule has 0 aliphatic rings. The van der Waals surface area contributed by atoms with Gasteiger partial charge in [0.15, 0.2) is 0 Å². The van der Waals surface area contributed by atoms with E-state index in [1.165, 1.54) is 4.31 Å². The molecule has 0 aliphatic heterocycles. The average molecular weight is 300 g/mol. The lowest BCUT2D eigenvalue weighted by Gasteiger charge is -2.20. The van der Waals surface area contributed by atoms with Crippen molar-refractivity contribution in [2.45, 2.75) is 19.2 Å². The quantitative estimate of drug-likeness (QED) is 0.744. The van der Waals surface area contributed by atoms with Crippen molar-refractivity contribution in [2.24, 2.45) is 0 Å². The molecule has 0 fully saturated rings. The van der Waals surface area contributed by atoms with E-state index in [0.717, 1.165) is 17.7 Å². The Hall–Kier alpha value is -0.950. The van der Waals surface area contributed by atoms with Gasteiger partial charge in [0.25, 0.3) is 0 Å². The van der Waals surface area contributed by atoms with Crippen LogP contribution < -0.4 is 5.32 Å². The first-order chi connectivity index (χ1) is 9.53. The summed E-state index contributed by atoms with van der Waals surface area (Å²) in [6.07, 6.45) is 0. The molecule has 0 aliphatic carbocycles. The fourth-order valence-corrected chi connectivity index (χ4v) is 3.49. The molecular weight excluding hydrogens is 276 g/mol. The molecule has 6 heteroatoms. The SMILES string of the molecule is CCN(CCOC)S(=O)(=O)Cc1ccc(CNC)cc1. The lowest BCUT2D eigenvalue weighted by molar-refractivity contribution is 0.180. The number of ether oxygens (including phenoxy) is 1. The smallest absolute Gasteiger partial charge is 0.218 e. The highest BCUT2D eigenvalue weighted by atomic mass is 32.2. The highest BCUT2D eigenvalue weighted by Crippen LogP contribution is 2.12. The molecule has 0 aromatic heterocycles. The molecule has 0 bridgehead atoms. The van der Waals surface area contributed by atoms with Gasteiger partial charge >= 0.3 is 0 Å². The van der Waals surface area contributed by atoms with Crippen molar-refractivity contribution in [3.8, 4) is 0 Å². The Labute approximate surface area is 122 Å². The summed E-state index contributed by atoms with van der Waals surface area (Å²) in [5.74, 6) is 0.0321. The Morgan fingerprint density at radius 1 is 1.20 bits per heavy atom. The van der Waals surface area contributed by atoms with Crippen molar-refractivity contribution in [3.05, 3.63) is 35.4 Å². The maximum atomic E-state index is 12.3. The molecule has 0 heterocycles. The molecule has 0 saturated heterocycles. The van der Waals surface area contributed by atoms with Gasteiger partial charge in [-0.15, -0.1) is 0 Å². The molecule has 0 saturated carbocycles. The Balaban J connectivity index is 2.73. The molecule has 1 rings (SSSR count). The van der Waals surface area contributed by atoms with E-state index in [2.05, 4.69) is 5.32 Å². The summed E-state index contributed by atoms with van der Waals surface area (Å²) < 4.78 is 31.0. The number of benzene rings is 1. The van der Waals surface area contributed by atoms with Gasteiger partial charge in [0.2, 0.25) is 10.0 Å². The van der Waals surface area contributed by atoms with Crippen molar-refractivity contribution in [1.82, 2.24) is 9.62 Å². The first-order valence-electron chi connectivity index (χ1n) is 6.72. The van der Waals surface area contributed by atoms with E-state index in [0.29, 0.717) is 19.7 Å². The van der Waals surface area contributed by atoms with Gasteiger partial charge < -0.3 is 10.1 Å². The first kappa shape index (κ1) is 17.1. The molecule has 1 aromatic carbocycles. The largest absolute Gasteiger partial charge is 0.383 e. The molecule has 114 valence electrons. The summed E-state index contributed by atoms with van der Waals surface area (Å²) in [7, 11) is 0.167. The average Bonchev–Trinajstić information content (AvgIpc) is 2.41. The maximum absolute atomic E-state index is 12.3.